The quantitative estimate of drug-likeness (QED) is 0.465. The van der Waals surface area contributed by atoms with Crippen LogP contribution in [0.15, 0.2) is 24.3 Å². The molecule has 0 heterocycles. The van der Waals surface area contributed by atoms with E-state index in [0.717, 1.165) is 25.0 Å². The average molecular weight is 282 g/mol. The van der Waals surface area contributed by atoms with Gasteiger partial charge in [-0.3, -0.25) is 4.79 Å². The second-order valence-electron chi connectivity index (χ2n) is 6.06. The summed E-state index contributed by atoms with van der Waals surface area (Å²) >= 11 is 0. The summed E-state index contributed by atoms with van der Waals surface area (Å²) in [6, 6.07) is 8.03. The zero-order chi connectivity index (χ0) is 14.5. The number of carbonyl (C=O) groups is 1. The first-order valence-corrected chi connectivity index (χ1v) is 8.13. The van der Waals surface area contributed by atoms with Crippen molar-refractivity contribution in [2.75, 3.05) is 0 Å². The Morgan fingerprint density at radius 2 is 1.86 bits per heavy atom. The van der Waals surface area contributed by atoms with Gasteiger partial charge in [-0.2, -0.15) is 0 Å². The molecule has 2 aliphatic rings. The Hall–Kier alpha value is -1.75. The second kappa shape index (κ2) is 6.80. The topological polar surface area (TPSA) is 26.3 Å². The number of benzene rings is 1. The molecule has 0 spiro atoms. The van der Waals surface area contributed by atoms with Crippen LogP contribution in [0.4, 0.5) is 0 Å². The highest BCUT2D eigenvalue weighted by Gasteiger charge is 2.23. The van der Waals surface area contributed by atoms with Crippen molar-refractivity contribution in [3.8, 4) is 17.6 Å². The molecule has 0 N–H and O–H groups in total. The summed E-state index contributed by atoms with van der Waals surface area (Å²) in [6.45, 7) is 0. The lowest BCUT2D eigenvalue weighted by Crippen LogP contribution is -2.21. The van der Waals surface area contributed by atoms with E-state index in [1.54, 1.807) is 0 Å². The fourth-order valence-electron chi connectivity index (χ4n) is 3.34. The summed E-state index contributed by atoms with van der Waals surface area (Å²) in [5.74, 6) is 6.92. The molecule has 0 amide bonds. The zero-order valence-electron chi connectivity index (χ0n) is 12.4. The fraction of sp³-hybridized carbons (Fsp3) is 0.526. The molecular formula is C19H22O2. The van der Waals surface area contributed by atoms with Crippen LogP contribution in [-0.4, -0.2) is 5.97 Å². The third-order valence-corrected chi connectivity index (χ3v) is 4.53. The van der Waals surface area contributed by atoms with Crippen LogP contribution in [-0.2, 0) is 4.79 Å². The maximum Gasteiger partial charge on any atom is 0.326 e. The summed E-state index contributed by atoms with van der Waals surface area (Å²) in [5, 5.41) is 0. The summed E-state index contributed by atoms with van der Waals surface area (Å²) in [6.07, 6.45) is 9.03. The normalized spacial score (nSPS) is 22.2. The van der Waals surface area contributed by atoms with Crippen molar-refractivity contribution in [2.45, 2.75) is 57.3 Å². The van der Waals surface area contributed by atoms with Gasteiger partial charge in [-0.25, -0.2) is 0 Å². The van der Waals surface area contributed by atoms with E-state index in [1.807, 2.05) is 18.2 Å². The van der Waals surface area contributed by atoms with Crippen molar-refractivity contribution in [1.82, 2.24) is 0 Å². The Bertz CT molecular complexity index is 558. The third-order valence-electron chi connectivity index (χ3n) is 4.53. The molecule has 1 aromatic carbocycles. The zero-order valence-corrected chi connectivity index (χ0v) is 12.4. The molecule has 0 radical (unpaired) electrons. The molecule has 1 aromatic rings. The second-order valence-corrected chi connectivity index (χ2v) is 6.06. The molecule has 3 rings (SSSR count). The standard InChI is InChI=1S/C19H22O2/c20-19(16-11-5-2-6-12-16)21-18-14-8-7-13-17(18)15-9-3-1-4-10-15/h7-8,13-16H,1-5,9-11H2. The molecule has 0 saturated heterocycles. The molecule has 21 heavy (non-hydrogen) atoms. The van der Waals surface area contributed by atoms with E-state index in [9.17, 15) is 4.79 Å². The maximum absolute atomic E-state index is 12.3. The first kappa shape index (κ1) is 14.2. The first-order chi connectivity index (χ1) is 10.3. The Balaban J connectivity index is 1.75. The van der Waals surface area contributed by atoms with E-state index in [-0.39, 0.29) is 11.9 Å². The van der Waals surface area contributed by atoms with Gasteiger partial charge in [0.25, 0.3) is 0 Å². The molecule has 0 aromatic heterocycles. The highest BCUT2D eigenvalue weighted by molar-refractivity contribution is 5.78. The van der Waals surface area contributed by atoms with Gasteiger partial charge in [-0.1, -0.05) is 43.4 Å². The molecule has 1 atom stereocenters. The monoisotopic (exact) mass is 282 g/mol. The Morgan fingerprint density at radius 1 is 1.05 bits per heavy atom. The highest BCUT2D eigenvalue weighted by atomic mass is 16.5. The van der Waals surface area contributed by atoms with E-state index in [4.69, 9.17) is 4.74 Å². The molecule has 1 unspecified atom stereocenters. The Kier molecular flexibility index (Phi) is 4.60. The number of para-hydroxylation sites is 1. The predicted molar refractivity (Wildman–Crippen MR) is 83.0 cm³/mol. The summed E-state index contributed by atoms with van der Waals surface area (Å²) in [7, 11) is 0. The van der Waals surface area contributed by atoms with Crippen molar-refractivity contribution in [2.24, 2.45) is 5.92 Å². The van der Waals surface area contributed by atoms with Crippen LogP contribution in [0.5, 0.6) is 5.75 Å². The van der Waals surface area contributed by atoms with Gasteiger partial charge in [0, 0.05) is 6.42 Å². The Morgan fingerprint density at radius 3 is 2.62 bits per heavy atom. The van der Waals surface area contributed by atoms with Gasteiger partial charge < -0.3 is 4.74 Å². The third kappa shape index (κ3) is 3.47. The lowest BCUT2D eigenvalue weighted by molar-refractivity contribution is -0.137. The minimum Gasteiger partial charge on any atom is -0.425 e. The van der Waals surface area contributed by atoms with Crippen molar-refractivity contribution in [3.63, 3.8) is 0 Å². The van der Waals surface area contributed by atoms with Crippen LogP contribution < -0.4 is 4.74 Å². The van der Waals surface area contributed by atoms with Gasteiger partial charge in [0.1, 0.15) is 11.7 Å². The Labute approximate surface area is 126 Å². The van der Waals surface area contributed by atoms with Crippen LogP contribution >= 0.6 is 0 Å². The SMILES string of the molecule is O=C(Oc1ccccc1C1CCCCC1)C1C#CCCC1. The van der Waals surface area contributed by atoms with Gasteiger partial charge >= 0.3 is 5.97 Å². The van der Waals surface area contributed by atoms with Crippen LogP contribution in [0.3, 0.4) is 0 Å². The van der Waals surface area contributed by atoms with Crippen molar-refractivity contribution >= 4 is 5.97 Å². The first-order valence-electron chi connectivity index (χ1n) is 8.13. The van der Waals surface area contributed by atoms with E-state index < -0.39 is 0 Å². The van der Waals surface area contributed by atoms with Crippen molar-refractivity contribution in [3.05, 3.63) is 29.8 Å². The molecule has 2 heteroatoms. The van der Waals surface area contributed by atoms with E-state index in [2.05, 4.69) is 17.9 Å². The highest BCUT2D eigenvalue weighted by Crippen LogP contribution is 2.37. The molecule has 1 saturated carbocycles. The van der Waals surface area contributed by atoms with Gasteiger partial charge in [0.05, 0.1) is 0 Å². The molecule has 1 fully saturated rings. The summed E-state index contributed by atoms with van der Waals surface area (Å²) < 4.78 is 5.70. The van der Waals surface area contributed by atoms with Crippen LogP contribution in [0.2, 0.25) is 0 Å². The number of esters is 1. The van der Waals surface area contributed by atoms with E-state index >= 15 is 0 Å². The lowest BCUT2D eigenvalue weighted by atomic mass is 9.84. The maximum atomic E-state index is 12.3. The minimum absolute atomic E-state index is 0.176. The van der Waals surface area contributed by atoms with Crippen molar-refractivity contribution < 1.29 is 9.53 Å². The van der Waals surface area contributed by atoms with Gasteiger partial charge in [0.2, 0.25) is 0 Å². The van der Waals surface area contributed by atoms with Crippen LogP contribution in [0.1, 0.15) is 62.8 Å². The number of carbonyl (C=O) groups excluding carboxylic acids is 1. The molecule has 0 bridgehead atoms. The van der Waals surface area contributed by atoms with Gasteiger partial charge in [0.15, 0.2) is 0 Å². The van der Waals surface area contributed by atoms with Crippen LogP contribution in [0.25, 0.3) is 0 Å². The molecule has 2 aliphatic carbocycles. The van der Waals surface area contributed by atoms with Gasteiger partial charge in [-0.05, 0) is 43.2 Å². The molecule has 0 aliphatic heterocycles. The number of ether oxygens (including phenoxy) is 1. The average Bonchev–Trinajstić information content (AvgIpc) is 2.57. The molecule has 2 nitrogen and oxygen atoms in total. The van der Waals surface area contributed by atoms with E-state index in [0.29, 0.717) is 5.92 Å². The number of hydrogen-bond acceptors (Lipinski definition) is 2. The predicted octanol–water partition coefficient (Wildman–Crippen LogP) is 4.44. The molecular weight excluding hydrogens is 260 g/mol. The largest absolute Gasteiger partial charge is 0.425 e. The van der Waals surface area contributed by atoms with E-state index in [1.165, 1.54) is 37.7 Å². The summed E-state index contributed by atoms with van der Waals surface area (Å²) in [5.41, 5.74) is 1.20. The molecule has 110 valence electrons. The van der Waals surface area contributed by atoms with Crippen molar-refractivity contribution in [1.29, 1.82) is 0 Å². The minimum atomic E-state index is -0.238. The summed E-state index contributed by atoms with van der Waals surface area (Å²) in [4.78, 5) is 12.3. The van der Waals surface area contributed by atoms with Crippen LogP contribution in [0, 0.1) is 17.8 Å². The smallest absolute Gasteiger partial charge is 0.326 e. The fourth-order valence-corrected chi connectivity index (χ4v) is 3.34. The lowest BCUT2D eigenvalue weighted by Gasteiger charge is -2.24. The number of rotatable bonds is 3. The number of hydrogen-bond donors (Lipinski definition) is 0. The van der Waals surface area contributed by atoms with Gasteiger partial charge in [-0.15, -0.1) is 5.92 Å².